The van der Waals surface area contributed by atoms with Gasteiger partial charge >= 0.3 is 175 Å². The molecule has 2 rings (SSSR count). The van der Waals surface area contributed by atoms with E-state index in [1.54, 1.807) is 9.79 Å². The average molecular weight is 1640 g/mol. The van der Waals surface area contributed by atoms with E-state index in [-0.39, 0.29) is 0 Å². The molecule has 2 aromatic carbocycles. The first-order valence-corrected chi connectivity index (χ1v) is 53.8. The van der Waals surface area contributed by atoms with Crippen LogP contribution in [0.5, 0.6) is 0 Å². The van der Waals surface area contributed by atoms with Crippen molar-refractivity contribution in [2.45, 2.75) is 584 Å². The van der Waals surface area contributed by atoms with Gasteiger partial charge in [0, 0.05) is 5.57 Å². The minimum Gasteiger partial charge on any atom is -0.0654 e. The van der Waals surface area contributed by atoms with Crippen molar-refractivity contribution in [1.82, 2.24) is 0 Å². The Kier molecular flexibility index (Phi) is 89.1. The van der Waals surface area contributed by atoms with E-state index in [0.717, 1.165) is 61.2 Å². The van der Waals surface area contributed by atoms with Gasteiger partial charge in [-0.3, -0.25) is 0 Å². The summed E-state index contributed by atoms with van der Waals surface area (Å²) in [5.74, 6) is 3.12. The fourth-order valence-corrected chi connectivity index (χ4v) is 18.8. The van der Waals surface area contributed by atoms with Crippen LogP contribution in [-0.4, -0.2) is 10.7 Å². The molecule has 0 bridgehead atoms. The molecule has 0 aliphatic rings. The van der Waals surface area contributed by atoms with Crippen LogP contribution in [0, 0.1) is 0 Å². The van der Waals surface area contributed by atoms with E-state index in [4.69, 9.17) is 0 Å². The van der Waals surface area contributed by atoms with Crippen LogP contribution in [0.1, 0.15) is 584 Å². The molecule has 0 heterocycles. The van der Waals surface area contributed by atoms with Crippen molar-refractivity contribution < 1.29 is 22.8 Å². The zero-order valence-electron chi connectivity index (χ0n) is 77.1. The number of unbranched alkanes of at least 4 members (excludes halogenated alkanes) is 74. The van der Waals surface area contributed by atoms with E-state index in [9.17, 15) is 5.53 Å². The molecule has 0 N–H and O–H groups in total. The van der Waals surface area contributed by atoms with Gasteiger partial charge in [-0.2, -0.15) is 0 Å². The minimum atomic E-state index is 0.860. The summed E-state index contributed by atoms with van der Waals surface area (Å²) in [5, 5.41) is 0. The first-order valence-electron chi connectivity index (χ1n) is 51.6. The maximum atomic E-state index is 10.1. The Balaban J connectivity index is 0.00000181. The molecule has 0 aliphatic heterocycles. The third-order valence-corrected chi connectivity index (χ3v) is 26.8. The van der Waals surface area contributed by atoms with E-state index in [2.05, 4.69) is 113 Å². The van der Waals surface area contributed by atoms with Crippen LogP contribution in [0.3, 0.4) is 0 Å². The third kappa shape index (κ3) is 75.2. The van der Waals surface area contributed by atoms with Crippen molar-refractivity contribution in [3.05, 3.63) is 99.6 Å². The molecule has 0 atom stereocenters. The Morgan fingerprint density at radius 1 is 0.259 bits per heavy atom. The predicted octanol–water partition coefficient (Wildman–Crippen LogP) is 39.6. The van der Waals surface area contributed by atoms with Gasteiger partial charge in [0.05, 0.1) is 5.57 Å². The molecule has 112 heavy (non-hydrogen) atoms. The number of hydrogen-bond donors (Lipinski definition) is 0. The number of nitrogens with zero attached hydrogens (tertiary/aromatic N) is 2. The summed E-state index contributed by atoms with van der Waals surface area (Å²) < 4.78 is 0. The summed E-state index contributed by atoms with van der Waals surface area (Å²) in [6.45, 7) is 13.8. The van der Waals surface area contributed by atoms with Crippen molar-refractivity contribution in [3.8, 4) is 0 Å². The fraction of sp³-hybridized carbons (Fsp3) is 0.835. The number of aryl methyl sites for hydroxylation is 2. The van der Waals surface area contributed by atoms with Crippen molar-refractivity contribution >= 4 is 11.4 Å². The van der Waals surface area contributed by atoms with Crippen molar-refractivity contribution in [3.63, 3.8) is 0 Å². The van der Waals surface area contributed by atoms with Crippen LogP contribution in [-0.2, 0) is 30.8 Å². The molecule has 0 radical (unpaired) electrons. The maximum absolute atomic E-state index is 10.1. The second-order valence-corrected chi connectivity index (χ2v) is 37.9. The standard InChI is InChI=1S/C81H140N2.2C14H29.Pd/c1-5-9-13-16-18-20-22-24-26-28-30-32-34-35-36-37-38-40-42-44-46-48-50-52-54-56-58-61-65-80(79(74-83-82)64-60-15-11-7-3)81(77-70-66-75(67-71-77)62-12-8-4)78-72-68-76(69-73-78)63-59-57-55-53-51-49-47-45-43-41-39-33-31-29-27-25-23-21-19-17-14-10-6-2;2*1-3-5-7-9-11-13-14-12-10-8-6-4-2;/h61,65-73H,5-60,62-64H2,1-4H3;2*1,3-14H2,2H3;. The van der Waals surface area contributed by atoms with Gasteiger partial charge in [-0.15, -0.1) is 4.79 Å². The van der Waals surface area contributed by atoms with E-state index in [0.29, 0.717) is 0 Å². The normalized spacial score (nSPS) is 11.8. The van der Waals surface area contributed by atoms with Crippen LogP contribution in [0.4, 0.5) is 0 Å². The van der Waals surface area contributed by atoms with E-state index < -0.39 is 0 Å². The van der Waals surface area contributed by atoms with Crippen LogP contribution >= 0.6 is 0 Å². The number of benzene rings is 2. The molecule has 0 spiro atoms. The van der Waals surface area contributed by atoms with Gasteiger partial charge in [-0.05, 0) is 79.2 Å². The van der Waals surface area contributed by atoms with Gasteiger partial charge < -0.3 is 5.53 Å². The Hall–Kier alpha value is -2.26. The molecule has 0 fully saturated rings. The molecule has 0 saturated carbocycles. The zero-order valence-corrected chi connectivity index (χ0v) is 78.6. The second-order valence-electron chi connectivity index (χ2n) is 35.6. The molecule has 654 valence electrons. The Morgan fingerprint density at radius 2 is 0.473 bits per heavy atom. The summed E-state index contributed by atoms with van der Waals surface area (Å²) in [7, 11) is 0. The summed E-state index contributed by atoms with van der Waals surface area (Å²) in [6, 6.07) is 18.9. The molecule has 3 heteroatoms. The smallest absolute Gasteiger partial charge is 0.0654 e. The van der Waals surface area contributed by atoms with Gasteiger partial charge in [0.15, 0.2) is 0 Å². The van der Waals surface area contributed by atoms with Crippen LogP contribution in [0.2, 0.25) is 9.79 Å². The summed E-state index contributed by atoms with van der Waals surface area (Å²) in [4.78, 5) is 6.68. The average Bonchev–Trinajstić information content (AvgIpc) is 0.802. The number of hydrogen-bond acceptors (Lipinski definition) is 0. The van der Waals surface area contributed by atoms with Gasteiger partial charge in [-0.25, -0.2) is 0 Å². The first-order chi connectivity index (χ1) is 55.6. The fourth-order valence-electron chi connectivity index (χ4n) is 16.9. The van der Waals surface area contributed by atoms with Gasteiger partial charge in [-0.1, -0.05) is 443 Å². The minimum absolute atomic E-state index is 0.860. The van der Waals surface area contributed by atoms with E-state index >= 15 is 0 Å². The third-order valence-electron chi connectivity index (χ3n) is 24.6. The molecule has 0 unspecified atom stereocenters. The van der Waals surface area contributed by atoms with Crippen LogP contribution in [0.25, 0.3) is 11.1 Å². The van der Waals surface area contributed by atoms with Crippen molar-refractivity contribution in [1.29, 1.82) is 0 Å². The van der Waals surface area contributed by atoms with Crippen LogP contribution in [0.15, 0.2) is 71.8 Å². The van der Waals surface area contributed by atoms with Crippen molar-refractivity contribution in [2.24, 2.45) is 0 Å². The molecule has 0 aliphatic carbocycles. The molecule has 2 aromatic rings. The Morgan fingerprint density at radius 3 is 0.723 bits per heavy atom. The van der Waals surface area contributed by atoms with E-state index in [1.165, 1.54) is 529 Å². The summed E-state index contributed by atoms with van der Waals surface area (Å²) in [5.41, 5.74) is 18.8. The monoisotopic (exact) mass is 1640 g/mol. The summed E-state index contributed by atoms with van der Waals surface area (Å²) >= 11 is 1.06. The Bertz CT molecular complexity index is 2270. The quantitative estimate of drug-likeness (QED) is 0.0158. The predicted molar refractivity (Wildman–Crippen MR) is 505 cm³/mol. The first kappa shape index (κ1) is 108. The van der Waals surface area contributed by atoms with E-state index in [1.807, 2.05) is 0 Å². The molecule has 2 nitrogen and oxygen atoms in total. The summed E-state index contributed by atoms with van der Waals surface area (Å²) in [6.07, 6.45) is 122. The van der Waals surface area contributed by atoms with Gasteiger partial charge in [0.25, 0.3) is 0 Å². The Labute approximate surface area is 713 Å². The van der Waals surface area contributed by atoms with Crippen molar-refractivity contribution in [2.75, 3.05) is 0 Å². The molecule has 0 saturated heterocycles. The molecule has 0 amide bonds. The van der Waals surface area contributed by atoms with Gasteiger partial charge in [0.1, 0.15) is 0 Å². The van der Waals surface area contributed by atoms with Gasteiger partial charge in [0.2, 0.25) is 0 Å². The number of rotatable bonds is 89. The second kappa shape index (κ2) is 92.6. The molecule has 0 aromatic heterocycles. The molecular weight excluding hydrogens is 1440 g/mol. The zero-order chi connectivity index (χ0) is 80.3. The van der Waals surface area contributed by atoms with Crippen LogP contribution < -0.4 is 0 Å². The molecular formula is C109H198N2Pd. The topological polar surface area (TPSA) is 36.4 Å². The number of allylic oxidation sites excluding steroid dienone is 4. The SMILES string of the molecule is CCCCCCCCCCCCCCCCCCCCCCCCCCCCC=CC(C(=C=[N+]=[N-])CCCCCC)=C(c1ccc(CCCC)cc1)c1ccc(CCCCCCCCCCCCCCCCCCCCCCCCC)cc1.CCCCCCCCCCCCC[CH2][Pd][CH2]CCCCCCCCCCCCC.